The molecule has 5 rings (SSSR count). The number of aromatic nitrogens is 1. The van der Waals surface area contributed by atoms with Crippen LogP contribution in [0.25, 0.3) is 21.8 Å². The molecule has 0 fully saturated rings. The van der Waals surface area contributed by atoms with Crippen molar-refractivity contribution < 1.29 is 14.3 Å². The summed E-state index contributed by atoms with van der Waals surface area (Å²) in [6, 6.07) is 22.8. The Labute approximate surface area is 162 Å². The minimum atomic E-state index is 0.100. The number of hydrogen-bond donors (Lipinski definition) is 1. The van der Waals surface area contributed by atoms with Crippen LogP contribution in [0, 0.1) is 0 Å². The standard InChI is InChI=1S/C23H20N2O3/c26-15-24-12-13-27-20-10-5-9-18-22(20)17-8-4-11-21-23(17)25(18)19(14-28-21)16-6-2-1-3-7-16/h1-11,15,19H,12-14H2,(H,24,26). The van der Waals surface area contributed by atoms with E-state index in [1.54, 1.807) is 0 Å². The van der Waals surface area contributed by atoms with Crippen molar-refractivity contribution >= 4 is 28.2 Å². The molecule has 0 radical (unpaired) electrons. The maximum atomic E-state index is 10.5. The van der Waals surface area contributed by atoms with E-state index in [2.05, 4.69) is 46.3 Å². The first-order chi connectivity index (χ1) is 13.9. The van der Waals surface area contributed by atoms with Gasteiger partial charge in [-0.25, -0.2) is 0 Å². The van der Waals surface area contributed by atoms with Crippen molar-refractivity contribution in [3.05, 3.63) is 72.3 Å². The molecule has 3 aromatic carbocycles. The lowest BCUT2D eigenvalue weighted by Gasteiger charge is -2.27. The summed E-state index contributed by atoms with van der Waals surface area (Å²) in [6.45, 7) is 1.48. The molecule has 2 heterocycles. The maximum absolute atomic E-state index is 10.5. The lowest BCUT2D eigenvalue weighted by molar-refractivity contribution is -0.109. The third kappa shape index (κ3) is 2.59. The van der Waals surface area contributed by atoms with Crippen molar-refractivity contribution in [3.63, 3.8) is 0 Å². The molecule has 1 N–H and O–H groups in total. The van der Waals surface area contributed by atoms with Gasteiger partial charge in [-0.2, -0.15) is 0 Å². The van der Waals surface area contributed by atoms with Gasteiger partial charge >= 0.3 is 0 Å². The van der Waals surface area contributed by atoms with Gasteiger partial charge in [-0.1, -0.05) is 48.5 Å². The molecule has 1 amide bonds. The number of rotatable bonds is 6. The quantitative estimate of drug-likeness (QED) is 0.413. The third-order valence-electron chi connectivity index (χ3n) is 5.25. The maximum Gasteiger partial charge on any atom is 0.207 e. The first-order valence-electron chi connectivity index (χ1n) is 9.41. The molecule has 5 heteroatoms. The molecule has 0 saturated heterocycles. The van der Waals surface area contributed by atoms with Crippen molar-refractivity contribution in [2.24, 2.45) is 0 Å². The van der Waals surface area contributed by atoms with Crippen molar-refractivity contribution in [1.82, 2.24) is 9.88 Å². The van der Waals surface area contributed by atoms with E-state index in [0.29, 0.717) is 26.2 Å². The molecule has 4 aromatic rings. The molecular weight excluding hydrogens is 352 g/mol. The molecule has 1 atom stereocenters. The highest BCUT2D eigenvalue weighted by molar-refractivity contribution is 6.13. The van der Waals surface area contributed by atoms with E-state index in [0.717, 1.165) is 33.3 Å². The fourth-order valence-electron chi connectivity index (χ4n) is 4.09. The molecule has 28 heavy (non-hydrogen) atoms. The number of fused-ring (bicyclic) bond motifs is 3. The van der Waals surface area contributed by atoms with Crippen molar-refractivity contribution in [2.75, 3.05) is 19.8 Å². The minimum absolute atomic E-state index is 0.100. The minimum Gasteiger partial charge on any atom is -0.491 e. The van der Waals surface area contributed by atoms with Gasteiger partial charge in [0.1, 0.15) is 24.7 Å². The van der Waals surface area contributed by atoms with Crippen LogP contribution in [0.1, 0.15) is 11.6 Å². The second-order valence-corrected chi connectivity index (χ2v) is 6.83. The van der Waals surface area contributed by atoms with E-state index in [1.807, 2.05) is 30.3 Å². The number of carbonyl (C=O) groups is 1. The normalized spacial score (nSPS) is 15.4. The average Bonchev–Trinajstić information content (AvgIpc) is 3.09. The van der Waals surface area contributed by atoms with Gasteiger partial charge in [-0.3, -0.25) is 4.79 Å². The van der Waals surface area contributed by atoms with Crippen molar-refractivity contribution in [3.8, 4) is 11.5 Å². The number of ether oxygens (including phenoxy) is 2. The van der Waals surface area contributed by atoms with Crippen molar-refractivity contribution in [1.29, 1.82) is 0 Å². The van der Waals surface area contributed by atoms with Gasteiger partial charge in [0, 0.05) is 10.8 Å². The molecular formula is C23H20N2O3. The molecule has 1 aliphatic heterocycles. The van der Waals surface area contributed by atoms with Crippen LogP contribution in [0.3, 0.4) is 0 Å². The molecule has 1 aromatic heterocycles. The number of para-hydroxylation sites is 1. The fourth-order valence-corrected chi connectivity index (χ4v) is 4.09. The number of benzene rings is 3. The zero-order valence-corrected chi connectivity index (χ0v) is 15.3. The van der Waals surface area contributed by atoms with Crippen LogP contribution in [0.5, 0.6) is 11.5 Å². The molecule has 5 nitrogen and oxygen atoms in total. The van der Waals surface area contributed by atoms with Crippen LogP contribution >= 0.6 is 0 Å². The van der Waals surface area contributed by atoms with Crippen LogP contribution in [-0.2, 0) is 4.79 Å². The summed E-state index contributed by atoms with van der Waals surface area (Å²) in [5, 5.41) is 4.84. The van der Waals surface area contributed by atoms with Gasteiger partial charge in [0.05, 0.1) is 23.6 Å². The summed E-state index contributed by atoms with van der Waals surface area (Å²) < 4.78 is 14.5. The van der Waals surface area contributed by atoms with E-state index >= 15 is 0 Å². The SMILES string of the molecule is O=CNCCOc1cccc2c1c1cccc3c1n2C(c1ccccc1)CO3. The predicted octanol–water partition coefficient (Wildman–Crippen LogP) is 3.90. The summed E-state index contributed by atoms with van der Waals surface area (Å²) >= 11 is 0. The summed E-state index contributed by atoms with van der Waals surface area (Å²) in [4.78, 5) is 10.5. The van der Waals surface area contributed by atoms with Crippen molar-refractivity contribution in [2.45, 2.75) is 6.04 Å². The molecule has 1 unspecified atom stereocenters. The van der Waals surface area contributed by atoms with Crippen LogP contribution in [0.15, 0.2) is 66.7 Å². The number of amides is 1. The Morgan fingerprint density at radius 1 is 1.07 bits per heavy atom. The van der Waals surface area contributed by atoms with Crippen LogP contribution in [0.2, 0.25) is 0 Å². The Morgan fingerprint density at radius 2 is 1.93 bits per heavy atom. The van der Waals surface area contributed by atoms with Crippen LogP contribution < -0.4 is 14.8 Å². The van der Waals surface area contributed by atoms with Crippen LogP contribution in [0.4, 0.5) is 0 Å². The highest BCUT2D eigenvalue weighted by atomic mass is 16.5. The Hall–Kier alpha value is -3.47. The van der Waals surface area contributed by atoms with Gasteiger partial charge < -0.3 is 19.4 Å². The number of carbonyl (C=O) groups excluding carboxylic acids is 1. The van der Waals surface area contributed by atoms with Gasteiger partial charge in [0.25, 0.3) is 0 Å². The molecule has 0 bridgehead atoms. The zero-order valence-electron chi connectivity index (χ0n) is 15.3. The van der Waals surface area contributed by atoms with Gasteiger partial charge in [0.15, 0.2) is 0 Å². The molecule has 1 aliphatic rings. The van der Waals surface area contributed by atoms with E-state index < -0.39 is 0 Å². The first kappa shape index (κ1) is 16.7. The Kier molecular flexibility index (Phi) is 4.13. The van der Waals surface area contributed by atoms with Gasteiger partial charge in [-0.15, -0.1) is 0 Å². The number of nitrogens with zero attached hydrogens (tertiary/aromatic N) is 1. The molecule has 140 valence electrons. The van der Waals surface area contributed by atoms with E-state index in [4.69, 9.17) is 9.47 Å². The Bertz CT molecular complexity index is 1150. The first-order valence-corrected chi connectivity index (χ1v) is 9.41. The molecule has 0 spiro atoms. The van der Waals surface area contributed by atoms with E-state index in [-0.39, 0.29) is 6.04 Å². The second-order valence-electron chi connectivity index (χ2n) is 6.83. The largest absolute Gasteiger partial charge is 0.491 e. The molecule has 0 saturated carbocycles. The third-order valence-corrected chi connectivity index (χ3v) is 5.25. The average molecular weight is 372 g/mol. The van der Waals surface area contributed by atoms with Crippen LogP contribution in [-0.4, -0.2) is 30.7 Å². The van der Waals surface area contributed by atoms with E-state index in [1.165, 1.54) is 5.56 Å². The predicted molar refractivity (Wildman–Crippen MR) is 109 cm³/mol. The second kappa shape index (κ2) is 6.93. The van der Waals surface area contributed by atoms with E-state index in [9.17, 15) is 4.79 Å². The Morgan fingerprint density at radius 3 is 2.79 bits per heavy atom. The summed E-state index contributed by atoms with van der Waals surface area (Å²) in [6.07, 6.45) is 0.687. The van der Waals surface area contributed by atoms with Gasteiger partial charge in [0.2, 0.25) is 6.41 Å². The zero-order chi connectivity index (χ0) is 18.9. The molecule has 0 aliphatic carbocycles. The highest BCUT2D eigenvalue weighted by Gasteiger charge is 2.28. The highest BCUT2D eigenvalue weighted by Crippen LogP contribution is 2.44. The smallest absolute Gasteiger partial charge is 0.207 e. The monoisotopic (exact) mass is 372 g/mol. The fraction of sp³-hybridized carbons (Fsp3) is 0.174. The van der Waals surface area contributed by atoms with Gasteiger partial charge in [-0.05, 0) is 23.8 Å². The topological polar surface area (TPSA) is 52.5 Å². The summed E-state index contributed by atoms with van der Waals surface area (Å²) in [5.41, 5.74) is 3.44. The lowest BCUT2D eigenvalue weighted by atomic mass is 10.1. The summed E-state index contributed by atoms with van der Waals surface area (Å²) in [5.74, 6) is 1.72. The Balaban J connectivity index is 1.71. The number of nitrogens with one attached hydrogen (secondary N) is 1. The number of hydrogen-bond acceptors (Lipinski definition) is 3. The lowest BCUT2D eigenvalue weighted by Crippen LogP contribution is -2.22. The summed E-state index contributed by atoms with van der Waals surface area (Å²) in [7, 11) is 0.